The molecule has 1 aliphatic rings. The second-order valence-corrected chi connectivity index (χ2v) is 8.07. The summed E-state index contributed by atoms with van der Waals surface area (Å²) in [6, 6.07) is 5.01. The Hall–Kier alpha value is -3.35. The van der Waals surface area contributed by atoms with Gasteiger partial charge < -0.3 is 20.5 Å². The molecule has 0 aliphatic carbocycles. The Balaban J connectivity index is 2.07. The van der Waals surface area contributed by atoms with Gasteiger partial charge in [-0.25, -0.2) is 8.78 Å². The number of hydrogen-bond donors (Lipinski definition) is 2. The number of halogens is 7. The summed E-state index contributed by atoms with van der Waals surface area (Å²) in [6.45, 7) is -1.64. The molecule has 2 aromatic carbocycles. The van der Waals surface area contributed by atoms with E-state index in [1.54, 1.807) is 0 Å². The van der Waals surface area contributed by atoms with E-state index in [2.05, 4.69) is 10.1 Å². The molecule has 4 atom stereocenters. The minimum absolute atomic E-state index is 0.191. The number of alkyl halides is 5. The third-order valence-electron chi connectivity index (χ3n) is 5.98. The Morgan fingerprint density at radius 3 is 2.37 bits per heavy atom. The maximum atomic E-state index is 13.9. The van der Waals surface area contributed by atoms with E-state index in [1.165, 1.54) is 0 Å². The first-order valence-electron chi connectivity index (χ1n) is 10.0. The highest BCUT2D eigenvalue weighted by atomic mass is 19.4. The van der Waals surface area contributed by atoms with Crippen LogP contribution < -0.4 is 15.8 Å². The molecular weight excluding hydrogens is 489 g/mol. The predicted molar refractivity (Wildman–Crippen MR) is 108 cm³/mol. The summed E-state index contributed by atoms with van der Waals surface area (Å²) in [5, 5.41) is 2.22. The number of ether oxygens (including phenoxy) is 2. The lowest BCUT2D eigenvalue weighted by molar-refractivity contribution is -0.272. The van der Waals surface area contributed by atoms with Crippen molar-refractivity contribution >= 4 is 17.5 Å². The van der Waals surface area contributed by atoms with Crippen molar-refractivity contribution in [2.45, 2.75) is 44.3 Å². The number of carbonyl (C=O) groups excluding carboxylic acids is 2. The summed E-state index contributed by atoms with van der Waals surface area (Å²) in [4.78, 5) is 24.4. The van der Waals surface area contributed by atoms with Crippen molar-refractivity contribution in [2.24, 2.45) is 11.7 Å². The summed E-state index contributed by atoms with van der Waals surface area (Å²) in [7, 11) is 0. The second kappa shape index (κ2) is 9.36. The SMILES string of the molecule is C[C@@H]1[C@H](c2ccc(F)cc2OC(F)F)[C@H](C(=O)Nc2ccc(F)c(C(N)=O)c2)O[C@@]1(C)C(F)(F)F. The van der Waals surface area contributed by atoms with E-state index in [1.807, 2.05) is 0 Å². The standard InChI is InChI=1S/C22H19F7N2O4/c1-9-16(12-5-3-10(23)7-15(12)34-20(25)26)17(35-21(9,2)22(27,28)29)19(33)31-11-4-6-14(24)13(8-11)18(30)32/h3-9,16-17,20H,1-2H3,(H2,30,32)(H,31,33)/t9-,16-,17-,21-/m1/s1. The van der Waals surface area contributed by atoms with Gasteiger partial charge in [0.2, 0.25) is 0 Å². The molecule has 6 nitrogen and oxygen atoms in total. The zero-order valence-electron chi connectivity index (χ0n) is 18.1. The molecule has 13 heteroatoms. The van der Waals surface area contributed by atoms with E-state index in [0.29, 0.717) is 13.0 Å². The maximum Gasteiger partial charge on any atom is 0.417 e. The maximum absolute atomic E-state index is 13.9. The molecule has 2 aromatic rings. The van der Waals surface area contributed by atoms with Crippen LogP contribution in [0.15, 0.2) is 36.4 Å². The van der Waals surface area contributed by atoms with E-state index in [4.69, 9.17) is 10.5 Å². The lowest BCUT2D eigenvalue weighted by Gasteiger charge is -2.32. The molecule has 1 saturated heterocycles. The molecule has 0 saturated carbocycles. The van der Waals surface area contributed by atoms with Crippen LogP contribution in [0.3, 0.4) is 0 Å². The van der Waals surface area contributed by atoms with Gasteiger partial charge in [0.1, 0.15) is 23.5 Å². The first-order valence-corrected chi connectivity index (χ1v) is 10.0. The van der Waals surface area contributed by atoms with Crippen LogP contribution in [0.2, 0.25) is 0 Å². The predicted octanol–water partition coefficient (Wildman–Crippen LogP) is 4.74. The number of nitrogens with one attached hydrogen (secondary N) is 1. The summed E-state index contributed by atoms with van der Waals surface area (Å²) in [6.07, 6.45) is -6.91. The highest BCUT2D eigenvalue weighted by molar-refractivity contribution is 5.98. The molecule has 1 aliphatic heterocycles. The molecule has 3 rings (SSSR count). The normalized spacial score (nSPS) is 24.5. The van der Waals surface area contributed by atoms with E-state index >= 15 is 0 Å². The van der Waals surface area contributed by atoms with Crippen LogP contribution in [0, 0.1) is 17.6 Å². The lowest BCUT2D eigenvalue weighted by atomic mass is 9.77. The van der Waals surface area contributed by atoms with Crippen molar-refractivity contribution in [3.8, 4) is 5.75 Å². The van der Waals surface area contributed by atoms with Gasteiger partial charge in [0.25, 0.3) is 11.8 Å². The van der Waals surface area contributed by atoms with Gasteiger partial charge in [-0.05, 0) is 31.2 Å². The summed E-state index contributed by atoms with van der Waals surface area (Å²) in [5.74, 6) is -8.13. The molecule has 1 fully saturated rings. The molecule has 1 heterocycles. The lowest BCUT2D eigenvalue weighted by Crippen LogP contribution is -2.47. The number of amides is 2. The minimum Gasteiger partial charge on any atom is -0.434 e. The van der Waals surface area contributed by atoms with Crippen molar-refractivity contribution in [3.05, 3.63) is 59.2 Å². The number of primary amides is 1. The fraction of sp³-hybridized carbons (Fsp3) is 0.364. The zero-order chi connectivity index (χ0) is 26.3. The Morgan fingerprint density at radius 1 is 1.14 bits per heavy atom. The average molecular weight is 508 g/mol. The number of carbonyl (C=O) groups is 2. The largest absolute Gasteiger partial charge is 0.434 e. The Labute approximate surface area is 194 Å². The van der Waals surface area contributed by atoms with Gasteiger partial charge in [-0.15, -0.1) is 0 Å². The monoisotopic (exact) mass is 508 g/mol. The van der Waals surface area contributed by atoms with Gasteiger partial charge in [-0.2, -0.15) is 22.0 Å². The number of benzene rings is 2. The average Bonchev–Trinajstić information content (AvgIpc) is 3.01. The van der Waals surface area contributed by atoms with Crippen LogP contribution in [0.1, 0.15) is 35.7 Å². The van der Waals surface area contributed by atoms with Gasteiger partial charge in [0.05, 0.1) is 5.56 Å². The number of nitrogens with two attached hydrogens (primary N) is 1. The van der Waals surface area contributed by atoms with Crippen LogP contribution in [0.4, 0.5) is 36.4 Å². The molecule has 0 radical (unpaired) electrons. The number of anilines is 1. The molecule has 0 unspecified atom stereocenters. The van der Waals surface area contributed by atoms with Crippen LogP contribution in [-0.2, 0) is 9.53 Å². The van der Waals surface area contributed by atoms with Crippen LogP contribution in [-0.4, -0.2) is 36.3 Å². The van der Waals surface area contributed by atoms with Crippen molar-refractivity contribution < 1.29 is 49.8 Å². The van der Waals surface area contributed by atoms with Crippen molar-refractivity contribution in [3.63, 3.8) is 0 Å². The number of rotatable bonds is 6. The fourth-order valence-electron chi connectivity index (χ4n) is 4.01. The van der Waals surface area contributed by atoms with Gasteiger partial charge in [-0.3, -0.25) is 9.59 Å². The van der Waals surface area contributed by atoms with E-state index in [9.17, 15) is 40.3 Å². The van der Waals surface area contributed by atoms with Gasteiger partial charge in [0, 0.05) is 29.2 Å². The van der Waals surface area contributed by atoms with Gasteiger partial charge in [-0.1, -0.05) is 13.0 Å². The first kappa shape index (κ1) is 26.3. The quantitative estimate of drug-likeness (QED) is 0.552. The third-order valence-corrected chi connectivity index (χ3v) is 5.98. The topological polar surface area (TPSA) is 90.6 Å². The van der Waals surface area contributed by atoms with E-state index < -0.39 is 71.1 Å². The number of hydrogen-bond acceptors (Lipinski definition) is 4. The summed E-state index contributed by atoms with van der Waals surface area (Å²) < 4.78 is 105. The first-order chi connectivity index (χ1) is 16.2. The van der Waals surface area contributed by atoms with E-state index in [-0.39, 0.29) is 11.3 Å². The molecule has 0 spiro atoms. The van der Waals surface area contributed by atoms with Crippen molar-refractivity contribution in [2.75, 3.05) is 5.32 Å². The van der Waals surface area contributed by atoms with Crippen molar-refractivity contribution in [1.29, 1.82) is 0 Å². The summed E-state index contributed by atoms with van der Waals surface area (Å²) >= 11 is 0. The molecule has 0 aromatic heterocycles. The second-order valence-electron chi connectivity index (χ2n) is 8.07. The zero-order valence-corrected chi connectivity index (χ0v) is 18.1. The minimum atomic E-state index is -4.99. The molecule has 0 bridgehead atoms. The Bertz CT molecular complexity index is 1140. The molecule has 190 valence electrons. The molecular formula is C22H19F7N2O4. The molecule has 35 heavy (non-hydrogen) atoms. The van der Waals surface area contributed by atoms with Gasteiger partial charge in [0.15, 0.2) is 5.60 Å². The van der Waals surface area contributed by atoms with Crippen LogP contribution in [0.25, 0.3) is 0 Å². The summed E-state index contributed by atoms with van der Waals surface area (Å²) in [5.41, 5.74) is 1.05. The highest BCUT2D eigenvalue weighted by Gasteiger charge is 2.65. The van der Waals surface area contributed by atoms with E-state index in [0.717, 1.165) is 37.3 Å². The van der Waals surface area contributed by atoms with Crippen LogP contribution >= 0.6 is 0 Å². The Kier molecular flexibility index (Phi) is 7.02. The molecule has 2 amide bonds. The fourth-order valence-corrected chi connectivity index (χ4v) is 4.01. The van der Waals surface area contributed by atoms with Crippen molar-refractivity contribution in [1.82, 2.24) is 0 Å². The third kappa shape index (κ3) is 5.04. The van der Waals surface area contributed by atoms with Gasteiger partial charge >= 0.3 is 12.8 Å². The molecule has 3 N–H and O–H groups in total. The van der Waals surface area contributed by atoms with Crippen LogP contribution in [0.5, 0.6) is 5.75 Å². The Morgan fingerprint density at radius 2 is 1.80 bits per heavy atom. The smallest absolute Gasteiger partial charge is 0.417 e. The highest BCUT2D eigenvalue weighted by Crippen LogP contribution is 2.54.